The molecule has 1 aliphatic rings. The number of carbonyl (C=O) groups is 1. The molecule has 0 unspecified atom stereocenters. The molecule has 2 aromatic rings. The van der Waals surface area contributed by atoms with Crippen LogP contribution >= 0.6 is 23.2 Å². The van der Waals surface area contributed by atoms with Gasteiger partial charge in [0.15, 0.2) is 0 Å². The van der Waals surface area contributed by atoms with Gasteiger partial charge < -0.3 is 15.0 Å². The molecule has 1 aliphatic heterocycles. The van der Waals surface area contributed by atoms with E-state index < -0.39 is 0 Å². The molecule has 2 aromatic carbocycles. The van der Waals surface area contributed by atoms with Gasteiger partial charge in [-0.05, 0) is 36.4 Å². The van der Waals surface area contributed by atoms with E-state index in [2.05, 4.69) is 10.2 Å². The number of carbonyl (C=O) groups excluding carboxylic acids is 1. The van der Waals surface area contributed by atoms with E-state index in [1.807, 2.05) is 25.2 Å². The molecule has 6 heteroatoms. The first-order valence-electron chi connectivity index (χ1n) is 6.79. The molecule has 0 spiro atoms. The molecule has 0 atom stereocenters. The van der Waals surface area contributed by atoms with Crippen molar-refractivity contribution in [1.82, 2.24) is 0 Å². The van der Waals surface area contributed by atoms with Crippen LogP contribution in [0.1, 0.15) is 10.4 Å². The summed E-state index contributed by atoms with van der Waals surface area (Å²) in [5.74, 6) is 0.583. The number of hydrogen-bond acceptors (Lipinski definition) is 3. The second kappa shape index (κ2) is 6.07. The fraction of sp³-hybridized carbons (Fsp3) is 0.188. The number of halogens is 2. The molecule has 0 aliphatic carbocycles. The molecule has 22 heavy (non-hydrogen) atoms. The maximum atomic E-state index is 12.3. The molecule has 1 heterocycles. The maximum Gasteiger partial charge on any atom is 0.255 e. The molecule has 0 saturated carbocycles. The van der Waals surface area contributed by atoms with Crippen LogP contribution in [0.3, 0.4) is 0 Å². The lowest BCUT2D eigenvalue weighted by atomic mass is 10.2. The first kappa shape index (κ1) is 15.0. The van der Waals surface area contributed by atoms with Crippen molar-refractivity contribution < 1.29 is 9.53 Å². The van der Waals surface area contributed by atoms with E-state index in [1.54, 1.807) is 18.2 Å². The summed E-state index contributed by atoms with van der Waals surface area (Å²) in [5, 5.41) is 3.63. The Morgan fingerprint density at radius 1 is 1.18 bits per heavy atom. The van der Waals surface area contributed by atoms with Gasteiger partial charge in [0.05, 0.1) is 22.3 Å². The Kier molecular flexibility index (Phi) is 4.14. The standard InChI is InChI=1S/C16H14Cl2N2O2/c1-20-6-7-22-15-5-3-11(9-14(15)20)19-16(21)10-2-4-12(17)13(18)8-10/h2-5,8-9H,6-7H2,1H3,(H,19,21). The van der Waals surface area contributed by atoms with Gasteiger partial charge in [-0.2, -0.15) is 0 Å². The van der Waals surface area contributed by atoms with Crippen LogP contribution in [0.5, 0.6) is 5.75 Å². The summed E-state index contributed by atoms with van der Waals surface area (Å²) in [5.41, 5.74) is 2.11. The first-order valence-corrected chi connectivity index (χ1v) is 7.54. The van der Waals surface area contributed by atoms with Gasteiger partial charge in [-0.1, -0.05) is 23.2 Å². The van der Waals surface area contributed by atoms with Gasteiger partial charge >= 0.3 is 0 Å². The highest BCUT2D eigenvalue weighted by Gasteiger charge is 2.16. The Balaban J connectivity index is 1.82. The van der Waals surface area contributed by atoms with Crippen LogP contribution in [0.2, 0.25) is 10.0 Å². The van der Waals surface area contributed by atoms with Crippen molar-refractivity contribution in [3.8, 4) is 5.75 Å². The van der Waals surface area contributed by atoms with E-state index in [-0.39, 0.29) is 5.91 Å². The van der Waals surface area contributed by atoms with Crippen molar-refractivity contribution in [2.45, 2.75) is 0 Å². The number of ether oxygens (including phenoxy) is 1. The van der Waals surface area contributed by atoms with Crippen LogP contribution < -0.4 is 15.0 Å². The first-order chi connectivity index (χ1) is 10.5. The third kappa shape index (κ3) is 2.98. The number of likely N-dealkylation sites (N-methyl/N-ethyl adjacent to an activating group) is 1. The van der Waals surface area contributed by atoms with Crippen LogP contribution in [0.15, 0.2) is 36.4 Å². The lowest BCUT2D eigenvalue weighted by molar-refractivity contribution is 0.102. The fourth-order valence-electron chi connectivity index (χ4n) is 2.27. The molecular formula is C16H14Cl2N2O2. The van der Waals surface area contributed by atoms with Crippen LogP contribution in [0.4, 0.5) is 11.4 Å². The molecule has 0 bridgehead atoms. The Morgan fingerprint density at radius 3 is 2.77 bits per heavy atom. The van der Waals surface area contributed by atoms with E-state index >= 15 is 0 Å². The number of rotatable bonds is 2. The van der Waals surface area contributed by atoms with Gasteiger partial charge in [-0.15, -0.1) is 0 Å². The van der Waals surface area contributed by atoms with Gasteiger partial charge in [0.2, 0.25) is 0 Å². The monoisotopic (exact) mass is 336 g/mol. The average Bonchev–Trinajstić information content (AvgIpc) is 2.51. The van der Waals surface area contributed by atoms with E-state index in [0.29, 0.717) is 27.9 Å². The Hall–Kier alpha value is -1.91. The topological polar surface area (TPSA) is 41.6 Å². The zero-order valence-corrected chi connectivity index (χ0v) is 13.4. The fourth-order valence-corrected chi connectivity index (χ4v) is 2.57. The van der Waals surface area contributed by atoms with Gasteiger partial charge in [0.25, 0.3) is 5.91 Å². The predicted octanol–water partition coefficient (Wildman–Crippen LogP) is 4.07. The van der Waals surface area contributed by atoms with E-state index in [1.165, 1.54) is 0 Å². The highest BCUT2D eigenvalue weighted by Crippen LogP contribution is 2.33. The zero-order chi connectivity index (χ0) is 15.7. The molecule has 0 radical (unpaired) electrons. The summed E-state index contributed by atoms with van der Waals surface area (Å²) in [4.78, 5) is 14.4. The van der Waals surface area contributed by atoms with Crippen LogP contribution in [-0.4, -0.2) is 26.1 Å². The minimum Gasteiger partial charge on any atom is -0.490 e. The van der Waals surface area contributed by atoms with Crippen molar-refractivity contribution >= 4 is 40.5 Å². The molecule has 4 nitrogen and oxygen atoms in total. The number of amides is 1. The highest BCUT2D eigenvalue weighted by atomic mass is 35.5. The highest BCUT2D eigenvalue weighted by molar-refractivity contribution is 6.42. The van der Waals surface area contributed by atoms with Gasteiger partial charge in [-0.3, -0.25) is 4.79 Å². The normalized spacial score (nSPS) is 13.3. The van der Waals surface area contributed by atoms with E-state index in [4.69, 9.17) is 27.9 Å². The summed E-state index contributed by atoms with van der Waals surface area (Å²) in [6.45, 7) is 1.48. The van der Waals surface area contributed by atoms with E-state index in [0.717, 1.165) is 18.0 Å². The molecule has 114 valence electrons. The SMILES string of the molecule is CN1CCOc2ccc(NC(=O)c3ccc(Cl)c(Cl)c3)cc21. The smallest absolute Gasteiger partial charge is 0.255 e. The molecule has 0 aromatic heterocycles. The van der Waals surface area contributed by atoms with Crippen molar-refractivity contribution in [2.75, 3.05) is 30.4 Å². The molecule has 0 fully saturated rings. The number of hydrogen-bond donors (Lipinski definition) is 1. The Morgan fingerprint density at radius 2 is 2.00 bits per heavy atom. The van der Waals surface area contributed by atoms with Gasteiger partial charge in [-0.25, -0.2) is 0 Å². The van der Waals surface area contributed by atoms with Crippen molar-refractivity contribution in [2.24, 2.45) is 0 Å². The van der Waals surface area contributed by atoms with E-state index in [9.17, 15) is 4.79 Å². The largest absolute Gasteiger partial charge is 0.490 e. The molecule has 0 saturated heterocycles. The lowest BCUT2D eigenvalue weighted by Crippen LogP contribution is -2.28. The summed E-state index contributed by atoms with van der Waals surface area (Å²) >= 11 is 11.8. The zero-order valence-electron chi connectivity index (χ0n) is 11.9. The minimum absolute atomic E-state index is 0.238. The number of benzene rings is 2. The summed E-state index contributed by atoms with van der Waals surface area (Å²) in [6, 6.07) is 10.4. The number of fused-ring (bicyclic) bond motifs is 1. The summed E-state index contributed by atoms with van der Waals surface area (Å²) in [7, 11) is 1.99. The summed E-state index contributed by atoms with van der Waals surface area (Å²) < 4.78 is 5.58. The second-order valence-corrected chi connectivity index (χ2v) is 5.85. The van der Waals surface area contributed by atoms with Crippen LogP contribution in [0.25, 0.3) is 0 Å². The maximum absolute atomic E-state index is 12.3. The molecule has 3 rings (SSSR count). The van der Waals surface area contributed by atoms with Crippen molar-refractivity contribution in [3.63, 3.8) is 0 Å². The summed E-state index contributed by atoms with van der Waals surface area (Å²) in [6.07, 6.45) is 0. The van der Waals surface area contributed by atoms with Crippen LogP contribution in [0, 0.1) is 0 Å². The third-order valence-corrected chi connectivity index (χ3v) is 4.23. The minimum atomic E-state index is -0.238. The number of nitrogens with one attached hydrogen (secondary N) is 1. The van der Waals surface area contributed by atoms with Crippen LogP contribution in [-0.2, 0) is 0 Å². The number of nitrogens with zero attached hydrogens (tertiary/aromatic N) is 1. The quantitative estimate of drug-likeness (QED) is 0.898. The Bertz CT molecular complexity index is 734. The number of anilines is 2. The predicted molar refractivity (Wildman–Crippen MR) is 89.6 cm³/mol. The van der Waals surface area contributed by atoms with Crippen molar-refractivity contribution in [3.05, 3.63) is 52.0 Å². The molecule has 1 amide bonds. The Labute approximate surface area is 138 Å². The average molecular weight is 337 g/mol. The molecular weight excluding hydrogens is 323 g/mol. The molecule has 1 N–H and O–H groups in total. The third-order valence-electron chi connectivity index (χ3n) is 3.49. The lowest BCUT2D eigenvalue weighted by Gasteiger charge is -2.28. The van der Waals surface area contributed by atoms with Gasteiger partial charge in [0.1, 0.15) is 12.4 Å². The van der Waals surface area contributed by atoms with Crippen molar-refractivity contribution in [1.29, 1.82) is 0 Å². The second-order valence-electron chi connectivity index (χ2n) is 5.04. The van der Waals surface area contributed by atoms with Gasteiger partial charge in [0, 0.05) is 18.3 Å².